The Labute approximate surface area is 120 Å². The van der Waals surface area contributed by atoms with E-state index in [1.807, 2.05) is 0 Å². The van der Waals surface area contributed by atoms with Crippen LogP contribution in [-0.4, -0.2) is 11.1 Å². The Hall–Kier alpha value is -2.47. The number of aliphatic hydroxyl groups excluding tert-OH is 1. The van der Waals surface area contributed by atoms with Gasteiger partial charge in [-0.2, -0.15) is 0 Å². The van der Waals surface area contributed by atoms with Crippen LogP contribution in [0.5, 0.6) is 0 Å². The molecular weight excluding hydrogens is 278 g/mol. The van der Waals surface area contributed by atoms with Crippen molar-refractivity contribution < 1.29 is 18.7 Å². The lowest BCUT2D eigenvalue weighted by Gasteiger charge is -2.10. The van der Waals surface area contributed by atoms with Crippen molar-refractivity contribution in [1.29, 1.82) is 0 Å². The quantitative estimate of drug-likeness (QED) is 0.808. The topological polar surface area (TPSA) is 61.4 Å². The molecule has 2 aromatic carbocycles. The van der Waals surface area contributed by atoms with Crippen molar-refractivity contribution in [2.45, 2.75) is 13.0 Å². The zero-order chi connectivity index (χ0) is 15.4. The van der Waals surface area contributed by atoms with Crippen LogP contribution in [-0.2, 0) is 0 Å². The number of anilines is 2. The molecule has 0 radical (unpaired) electrons. The smallest absolute Gasteiger partial charge is 0.323 e. The summed E-state index contributed by atoms with van der Waals surface area (Å²) in [5.74, 6) is -1.55. The molecule has 3 N–H and O–H groups in total. The van der Waals surface area contributed by atoms with Crippen molar-refractivity contribution >= 4 is 17.4 Å². The fourth-order valence-electron chi connectivity index (χ4n) is 1.80. The first-order valence-electron chi connectivity index (χ1n) is 6.26. The highest BCUT2D eigenvalue weighted by molar-refractivity contribution is 5.99. The van der Waals surface area contributed by atoms with E-state index in [4.69, 9.17) is 0 Å². The van der Waals surface area contributed by atoms with E-state index in [2.05, 4.69) is 10.6 Å². The minimum absolute atomic E-state index is 0.0108. The first kappa shape index (κ1) is 14.9. The Morgan fingerprint density at radius 1 is 1.05 bits per heavy atom. The standard InChI is InChI=1S/C15H14F2N2O2/c1-9(20)10-3-2-4-13(5-10)18-15(21)19-14-7-11(16)6-12(17)8-14/h2-9,20H,1H3,(H2,18,19,21). The van der Waals surface area contributed by atoms with Crippen molar-refractivity contribution in [3.8, 4) is 0 Å². The molecular formula is C15H14F2N2O2. The summed E-state index contributed by atoms with van der Waals surface area (Å²) in [6.07, 6.45) is -0.660. The molecule has 0 saturated heterocycles. The van der Waals surface area contributed by atoms with Crippen LogP contribution in [0.1, 0.15) is 18.6 Å². The van der Waals surface area contributed by atoms with E-state index in [1.54, 1.807) is 31.2 Å². The number of benzene rings is 2. The molecule has 2 rings (SSSR count). The van der Waals surface area contributed by atoms with Crippen LogP contribution in [0.3, 0.4) is 0 Å². The maximum absolute atomic E-state index is 13.0. The van der Waals surface area contributed by atoms with E-state index in [9.17, 15) is 18.7 Å². The lowest BCUT2D eigenvalue weighted by atomic mass is 10.1. The van der Waals surface area contributed by atoms with Gasteiger partial charge in [0.2, 0.25) is 0 Å². The summed E-state index contributed by atoms with van der Waals surface area (Å²) in [4.78, 5) is 11.8. The molecule has 0 aromatic heterocycles. The summed E-state index contributed by atoms with van der Waals surface area (Å²) in [5, 5.41) is 14.3. The maximum Gasteiger partial charge on any atom is 0.323 e. The Kier molecular flexibility index (Phi) is 4.49. The fourth-order valence-corrected chi connectivity index (χ4v) is 1.80. The van der Waals surface area contributed by atoms with Crippen LogP contribution in [0.2, 0.25) is 0 Å². The summed E-state index contributed by atoms with van der Waals surface area (Å²) in [6.45, 7) is 1.61. The molecule has 4 nitrogen and oxygen atoms in total. The molecule has 0 spiro atoms. The molecule has 2 amide bonds. The molecule has 110 valence electrons. The molecule has 0 heterocycles. The Morgan fingerprint density at radius 2 is 1.67 bits per heavy atom. The van der Waals surface area contributed by atoms with Crippen LogP contribution in [0.4, 0.5) is 25.0 Å². The second kappa shape index (κ2) is 6.32. The van der Waals surface area contributed by atoms with Gasteiger partial charge in [0.05, 0.1) is 6.10 Å². The van der Waals surface area contributed by atoms with Crippen LogP contribution in [0.25, 0.3) is 0 Å². The first-order valence-corrected chi connectivity index (χ1v) is 6.26. The van der Waals surface area contributed by atoms with Gasteiger partial charge in [0.1, 0.15) is 11.6 Å². The van der Waals surface area contributed by atoms with Gasteiger partial charge in [-0.15, -0.1) is 0 Å². The number of hydrogen-bond acceptors (Lipinski definition) is 2. The predicted molar refractivity (Wildman–Crippen MR) is 76.1 cm³/mol. The number of aliphatic hydroxyl groups is 1. The Bertz CT molecular complexity index is 640. The third-order valence-corrected chi connectivity index (χ3v) is 2.75. The molecule has 0 bridgehead atoms. The zero-order valence-electron chi connectivity index (χ0n) is 11.2. The average Bonchev–Trinajstić information content (AvgIpc) is 2.37. The van der Waals surface area contributed by atoms with Gasteiger partial charge in [0.25, 0.3) is 0 Å². The number of amides is 2. The van der Waals surface area contributed by atoms with E-state index >= 15 is 0 Å². The van der Waals surface area contributed by atoms with Crippen LogP contribution in [0.15, 0.2) is 42.5 Å². The molecule has 0 aliphatic heterocycles. The lowest BCUT2D eigenvalue weighted by molar-refractivity contribution is 0.199. The highest BCUT2D eigenvalue weighted by Gasteiger charge is 2.07. The highest BCUT2D eigenvalue weighted by atomic mass is 19.1. The first-order chi connectivity index (χ1) is 9.94. The van der Waals surface area contributed by atoms with Crippen molar-refractivity contribution in [2.75, 3.05) is 10.6 Å². The second-order valence-corrected chi connectivity index (χ2v) is 4.54. The summed E-state index contributed by atoms with van der Waals surface area (Å²) in [7, 11) is 0. The summed E-state index contributed by atoms with van der Waals surface area (Å²) < 4.78 is 26.0. The normalized spacial score (nSPS) is 11.8. The SMILES string of the molecule is CC(O)c1cccc(NC(=O)Nc2cc(F)cc(F)c2)c1. The number of rotatable bonds is 3. The van der Waals surface area contributed by atoms with Crippen molar-refractivity contribution in [1.82, 2.24) is 0 Å². The molecule has 0 saturated carbocycles. The van der Waals surface area contributed by atoms with Gasteiger partial charge in [-0.05, 0) is 36.8 Å². The third kappa shape index (κ3) is 4.25. The average molecular weight is 292 g/mol. The minimum Gasteiger partial charge on any atom is -0.389 e. The van der Waals surface area contributed by atoms with Crippen LogP contribution in [0, 0.1) is 11.6 Å². The number of urea groups is 1. The predicted octanol–water partition coefficient (Wildman–Crippen LogP) is 3.66. The van der Waals surface area contributed by atoms with Gasteiger partial charge >= 0.3 is 6.03 Å². The Balaban J connectivity index is 2.06. The van der Waals surface area contributed by atoms with E-state index in [1.165, 1.54) is 0 Å². The van der Waals surface area contributed by atoms with Crippen LogP contribution < -0.4 is 10.6 Å². The molecule has 1 atom stereocenters. The van der Waals surface area contributed by atoms with Crippen molar-refractivity contribution in [3.05, 3.63) is 59.7 Å². The number of hydrogen-bond donors (Lipinski definition) is 3. The van der Waals surface area contributed by atoms with Gasteiger partial charge in [-0.3, -0.25) is 0 Å². The van der Waals surface area contributed by atoms with Gasteiger partial charge < -0.3 is 15.7 Å². The number of halogens is 2. The molecule has 21 heavy (non-hydrogen) atoms. The van der Waals surface area contributed by atoms with E-state index in [0.717, 1.165) is 18.2 Å². The molecule has 0 fully saturated rings. The van der Waals surface area contributed by atoms with E-state index < -0.39 is 23.8 Å². The largest absolute Gasteiger partial charge is 0.389 e. The Morgan fingerprint density at radius 3 is 2.29 bits per heavy atom. The highest BCUT2D eigenvalue weighted by Crippen LogP contribution is 2.18. The monoisotopic (exact) mass is 292 g/mol. The van der Waals surface area contributed by atoms with E-state index in [0.29, 0.717) is 11.3 Å². The number of nitrogens with one attached hydrogen (secondary N) is 2. The molecule has 0 aliphatic rings. The summed E-state index contributed by atoms with van der Waals surface area (Å²) in [6, 6.07) is 8.74. The summed E-state index contributed by atoms with van der Waals surface area (Å²) in [5.41, 5.74) is 1.11. The maximum atomic E-state index is 13.0. The number of carbonyl (C=O) groups excluding carboxylic acids is 1. The van der Waals surface area contributed by atoms with Gasteiger partial charge in [-0.1, -0.05) is 12.1 Å². The minimum atomic E-state index is -0.776. The second-order valence-electron chi connectivity index (χ2n) is 4.54. The number of carbonyl (C=O) groups is 1. The summed E-state index contributed by atoms with van der Waals surface area (Å²) >= 11 is 0. The van der Waals surface area contributed by atoms with E-state index in [-0.39, 0.29) is 5.69 Å². The van der Waals surface area contributed by atoms with Gasteiger partial charge in [0.15, 0.2) is 0 Å². The third-order valence-electron chi connectivity index (χ3n) is 2.75. The fraction of sp³-hybridized carbons (Fsp3) is 0.133. The van der Waals surface area contributed by atoms with Gasteiger partial charge in [-0.25, -0.2) is 13.6 Å². The molecule has 6 heteroatoms. The zero-order valence-corrected chi connectivity index (χ0v) is 11.2. The molecule has 1 unspecified atom stereocenters. The van der Waals surface area contributed by atoms with Gasteiger partial charge in [0, 0.05) is 17.4 Å². The molecule has 2 aromatic rings. The lowest BCUT2D eigenvalue weighted by Crippen LogP contribution is -2.19. The van der Waals surface area contributed by atoms with Crippen molar-refractivity contribution in [2.24, 2.45) is 0 Å². The molecule has 0 aliphatic carbocycles. The van der Waals surface area contributed by atoms with Crippen molar-refractivity contribution in [3.63, 3.8) is 0 Å². The van der Waals surface area contributed by atoms with Crippen LogP contribution >= 0.6 is 0 Å².